The summed E-state index contributed by atoms with van der Waals surface area (Å²) in [6, 6.07) is 10.7. The van der Waals surface area contributed by atoms with E-state index in [1.54, 1.807) is 0 Å². The zero-order valence-corrected chi connectivity index (χ0v) is 9.99. The van der Waals surface area contributed by atoms with E-state index in [-0.39, 0.29) is 5.41 Å². The monoisotopic (exact) mass is 218 g/mol. The summed E-state index contributed by atoms with van der Waals surface area (Å²) >= 11 is 0. The third-order valence-electron chi connectivity index (χ3n) is 4.02. The van der Waals surface area contributed by atoms with Gasteiger partial charge >= 0.3 is 0 Å². The highest BCUT2D eigenvalue weighted by Crippen LogP contribution is 2.41. The average Bonchev–Trinajstić information content (AvgIpc) is 2.80. The first-order valence-corrected chi connectivity index (χ1v) is 6.49. The van der Waals surface area contributed by atoms with Crippen LogP contribution in [0.3, 0.4) is 0 Å². The van der Waals surface area contributed by atoms with Crippen LogP contribution in [0.15, 0.2) is 30.3 Å². The van der Waals surface area contributed by atoms with E-state index in [4.69, 9.17) is 0 Å². The molecular formula is C15H22O. The number of rotatable bonds is 5. The van der Waals surface area contributed by atoms with Crippen LogP contribution in [-0.2, 0) is 6.42 Å². The summed E-state index contributed by atoms with van der Waals surface area (Å²) in [7, 11) is 0. The fraction of sp³-hybridized carbons (Fsp3) is 0.600. The van der Waals surface area contributed by atoms with Crippen molar-refractivity contribution in [2.24, 2.45) is 5.41 Å². The third-order valence-corrected chi connectivity index (χ3v) is 4.02. The topological polar surface area (TPSA) is 20.2 Å². The van der Waals surface area contributed by atoms with Crippen molar-refractivity contribution < 1.29 is 5.11 Å². The minimum Gasteiger partial charge on any atom is -0.396 e. The van der Waals surface area contributed by atoms with E-state index >= 15 is 0 Å². The molecular weight excluding hydrogens is 196 g/mol. The second-order valence-corrected chi connectivity index (χ2v) is 5.20. The van der Waals surface area contributed by atoms with Gasteiger partial charge in [0.05, 0.1) is 0 Å². The molecule has 1 nitrogen and oxygen atoms in total. The first kappa shape index (κ1) is 11.7. The van der Waals surface area contributed by atoms with E-state index in [1.807, 2.05) is 0 Å². The zero-order valence-electron chi connectivity index (χ0n) is 9.99. The number of aliphatic hydroxyl groups excluding tert-OH is 1. The van der Waals surface area contributed by atoms with Gasteiger partial charge in [-0.25, -0.2) is 0 Å². The van der Waals surface area contributed by atoms with Crippen LogP contribution in [0.2, 0.25) is 0 Å². The minimum absolute atomic E-state index is 0.273. The quantitative estimate of drug-likeness (QED) is 0.801. The van der Waals surface area contributed by atoms with Gasteiger partial charge in [-0.2, -0.15) is 0 Å². The molecule has 1 fully saturated rings. The Labute approximate surface area is 98.5 Å². The van der Waals surface area contributed by atoms with Crippen molar-refractivity contribution in [1.82, 2.24) is 0 Å². The van der Waals surface area contributed by atoms with Crippen LogP contribution in [0.25, 0.3) is 0 Å². The molecule has 0 atom stereocenters. The molecule has 1 N–H and O–H groups in total. The van der Waals surface area contributed by atoms with E-state index in [2.05, 4.69) is 30.3 Å². The van der Waals surface area contributed by atoms with Gasteiger partial charge in [0, 0.05) is 6.61 Å². The molecule has 1 aromatic carbocycles. The van der Waals surface area contributed by atoms with E-state index < -0.39 is 0 Å². The predicted octanol–water partition coefficient (Wildman–Crippen LogP) is 3.56. The SMILES string of the molecule is OCC1(CCCc2ccccc2)CCCC1. The maximum atomic E-state index is 9.51. The second-order valence-electron chi connectivity index (χ2n) is 5.20. The summed E-state index contributed by atoms with van der Waals surface area (Å²) in [6.45, 7) is 0.391. The molecule has 1 aromatic rings. The van der Waals surface area contributed by atoms with Gasteiger partial charge in [0.25, 0.3) is 0 Å². The van der Waals surface area contributed by atoms with Crippen molar-refractivity contribution >= 4 is 0 Å². The van der Waals surface area contributed by atoms with Crippen LogP contribution in [0.4, 0.5) is 0 Å². The Morgan fingerprint density at radius 3 is 2.38 bits per heavy atom. The molecule has 0 radical (unpaired) electrons. The highest BCUT2D eigenvalue weighted by Gasteiger charge is 2.32. The Balaban J connectivity index is 1.79. The van der Waals surface area contributed by atoms with Crippen molar-refractivity contribution in [2.75, 3.05) is 6.61 Å². The molecule has 88 valence electrons. The predicted molar refractivity (Wildman–Crippen MR) is 67.4 cm³/mol. The molecule has 0 unspecified atom stereocenters. The number of hydrogen-bond donors (Lipinski definition) is 1. The van der Waals surface area contributed by atoms with Crippen molar-refractivity contribution in [3.63, 3.8) is 0 Å². The van der Waals surface area contributed by atoms with Crippen LogP contribution >= 0.6 is 0 Å². The maximum absolute atomic E-state index is 9.51. The Bertz CT molecular complexity index is 298. The van der Waals surface area contributed by atoms with Crippen LogP contribution in [0.1, 0.15) is 44.1 Å². The molecule has 1 aliphatic rings. The molecule has 16 heavy (non-hydrogen) atoms. The highest BCUT2D eigenvalue weighted by molar-refractivity contribution is 5.14. The minimum atomic E-state index is 0.273. The standard InChI is InChI=1S/C15H22O/c16-13-15(10-4-5-11-15)12-6-9-14-7-2-1-3-8-14/h1-3,7-8,16H,4-6,9-13H2. The number of aryl methyl sites for hydroxylation is 1. The highest BCUT2D eigenvalue weighted by atomic mass is 16.3. The second kappa shape index (κ2) is 5.49. The molecule has 0 heterocycles. The lowest BCUT2D eigenvalue weighted by molar-refractivity contribution is 0.118. The Morgan fingerprint density at radius 1 is 1.06 bits per heavy atom. The molecule has 0 spiro atoms. The van der Waals surface area contributed by atoms with E-state index in [1.165, 1.54) is 44.1 Å². The zero-order chi connectivity index (χ0) is 11.3. The normalized spacial score (nSPS) is 18.8. The van der Waals surface area contributed by atoms with Crippen molar-refractivity contribution in [2.45, 2.75) is 44.9 Å². The molecule has 1 aliphatic carbocycles. The van der Waals surface area contributed by atoms with Gasteiger partial charge in [-0.05, 0) is 43.1 Å². The van der Waals surface area contributed by atoms with Gasteiger partial charge in [0.15, 0.2) is 0 Å². The Morgan fingerprint density at radius 2 is 1.75 bits per heavy atom. The van der Waals surface area contributed by atoms with Gasteiger partial charge in [-0.15, -0.1) is 0 Å². The molecule has 0 aliphatic heterocycles. The van der Waals surface area contributed by atoms with Gasteiger partial charge in [-0.3, -0.25) is 0 Å². The Hall–Kier alpha value is -0.820. The van der Waals surface area contributed by atoms with Crippen LogP contribution in [0, 0.1) is 5.41 Å². The van der Waals surface area contributed by atoms with Gasteiger partial charge in [0.1, 0.15) is 0 Å². The summed E-state index contributed by atoms with van der Waals surface area (Å²) in [4.78, 5) is 0. The first-order chi connectivity index (χ1) is 7.85. The first-order valence-electron chi connectivity index (χ1n) is 6.49. The molecule has 1 saturated carbocycles. The fourth-order valence-electron chi connectivity index (χ4n) is 2.92. The van der Waals surface area contributed by atoms with Crippen molar-refractivity contribution in [3.8, 4) is 0 Å². The lowest BCUT2D eigenvalue weighted by Gasteiger charge is -2.26. The third kappa shape index (κ3) is 2.85. The van der Waals surface area contributed by atoms with E-state index in [0.29, 0.717) is 6.61 Å². The Kier molecular flexibility index (Phi) is 4.00. The van der Waals surface area contributed by atoms with Gasteiger partial charge in [-0.1, -0.05) is 43.2 Å². The van der Waals surface area contributed by atoms with Crippen LogP contribution < -0.4 is 0 Å². The van der Waals surface area contributed by atoms with Gasteiger partial charge in [0.2, 0.25) is 0 Å². The molecule has 0 aromatic heterocycles. The average molecular weight is 218 g/mol. The number of hydrogen-bond acceptors (Lipinski definition) is 1. The van der Waals surface area contributed by atoms with Crippen LogP contribution in [-0.4, -0.2) is 11.7 Å². The summed E-state index contributed by atoms with van der Waals surface area (Å²) < 4.78 is 0. The van der Waals surface area contributed by atoms with E-state index in [0.717, 1.165) is 6.42 Å². The smallest absolute Gasteiger partial charge is 0.0487 e. The summed E-state index contributed by atoms with van der Waals surface area (Å²) in [6.07, 6.45) is 8.65. The fourth-order valence-corrected chi connectivity index (χ4v) is 2.92. The largest absolute Gasteiger partial charge is 0.396 e. The number of aliphatic hydroxyl groups is 1. The summed E-state index contributed by atoms with van der Waals surface area (Å²) in [5.74, 6) is 0. The van der Waals surface area contributed by atoms with Crippen LogP contribution in [0.5, 0.6) is 0 Å². The molecule has 0 saturated heterocycles. The molecule has 2 rings (SSSR count). The number of benzene rings is 1. The summed E-state index contributed by atoms with van der Waals surface area (Å²) in [5, 5.41) is 9.51. The van der Waals surface area contributed by atoms with Crippen molar-refractivity contribution in [1.29, 1.82) is 0 Å². The van der Waals surface area contributed by atoms with Gasteiger partial charge < -0.3 is 5.11 Å². The molecule has 0 bridgehead atoms. The summed E-state index contributed by atoms with van der Waals surface area (Å²) in [5.41, 5.74) is 1.70. The maximum Gasteiger partial charge on any atom is 0.0487 e. The van der Waals surface area contributed by atoms with Crippen molar-refractivity contribution in [3.05, 3.63) is 35.9 Å². The molecule has 0 amide bonds. The lowest BCUT2D eigenvalue weighted by Crippen LogP contribution is -2.21. The van der Waals surface area contributed by atoms with E-state index in [9.17, 15) is 5.11 Å². The lowest BCUT2D eigenvalue weighted by atomic mass is 9.81. The molecule has 1 heteroatoms.